The van der Waals surface area contributed by atoms with E-state index in [9.17, 15) is 4.79 Å². The molecule has 0 spiro atoms. The summed E-state index contributed by atoms with van der Waals surface area (Å²) in [7, 11) is 0. The number of halogens is 1. The maximum atomic E-state index is 12.3. The predicted molar refractivity (Wildman–Crippen MR) is 74.8 cm³/mol. The minimum atomic E-state index is -0.154. The molecule has 1 aliphatic rings. The molecule has 98 valence electrons. The summed E-state index contributed by atoms with van der Waals surface area (Å²) in [5, 5.41) is 3.13. The molecule has 0 bridgehead atoms. The third-order valence-corrected chi connectivity index (χ3v) is 4.50. The molecule has 0 aliphatic carbocycles. The van der Waals surface area contributed by atoms with Crippen molar-refractivity contribution in [3.63, 3.8) is 0 Å². The van der Waals surface area contributed by atoms with E-state index < -0.39 is 0 Å². The first-order valence-electron chi connectivity index (χ1n) is 6.17. The van der Waals surface area contributed by atoms with Gasteiger partial charge in [0.2, 0.25) is 0 Å². The van der Waals surface area contributed by atoms with Crippen molar-refractivity contribution in [3.8, 4) is 0 Å². The standard InChI is InChI=1S/C14H18BrNO2/c1-10-4-3-5-11(12(10)15)13(17)16-14(2)6-8-18-9-7-14/h3-5H,6-9H2,1-2H3,(H,16,17). The number of nitrogens with one attached hydrogen (secondary N) is 1. The van der Waals surface area contributed by atoms with Gasteiger partial charge >= 0.3 is 0 Å². The van der Waals surface area contributed by atoms with Crippen LogP contribution in [0, 0.1) is 6.92 Å². The second-order valence-electron chi connectivity index (χ2n) is 5.06. The van der Waals surface area contributed by atoms with E-state index in [0.717, 1.165) is 22.9 Å². The zero-order valence-corrected chi connectivity index (χ0v) is 12.3. The van der Waals surface area contributed by atoms with Crippen molar-refractivity contribution in [1.29, 1.82) is 0 Å². The number of rotatable bonds is 2. The lowest BCUT2D eigenvalue weighted by molar-refractivity contribution is 0.0422. The number of hydrogen-bond acceptors (Lipinski definition) is 2. The highest BCUT2D eigenvalue weighted by molar-refractivity contribution is 9.10. The smallest absolute Gasteiger partial charge is 0.252 e. The van der Waals surface area contributed by atoms with Crippen molar-refractivity contribution in [2.24, 2.45) is 0 Å². The van der Waals surface area contributed by atoms with Gasteiger partial charge in [-0.2, -0.15) is 0 Å². The Balaban J connectivity index is 2.14. The van der Waals surface area contributed by atoms with Gasteiger partial charge < -0.3 is 10.1 Å². The topological polar surface area (TPSA) is 38.3 Å². The molecule has 1 saturated heterocycles. The molecule has 1 amide bonds. The first-order valence-corrected chi connectivity index (χ1v) is 6.96. The number of carbonyl (C=O) groups excluding carboxylic acids is 1. The minimum Gasteiger partial charge on any atom is -0.381 e. The van der Waals surface area contributed by atoms with Crippen molar-refractivity contribution < 1.29 is 9.53 Å². The van der Waals surface area contributed by atoms with Crippen molar-refractivity contribution in [2.45, 2.75) is 32.2 Å². The number of amides is 1. The van der Waals surface area contributed by atoms with Crippen LogP contribution in [0.2, 0.25) is 0 Å². The lowest BCUT2D eigenvalue weighted by atomic mass is 9.92. The van der Waals surface area contributed by atoms with Gasteiger partial charge in [0.1, 0.15) is 0 Å². The monoisotopic (exact) mass is 311 g/mol. The van der Waals surface area contributed by atoms with Crippen LogP contribution >= 0.6 is 15.9 Å². The summed E-state index contributed by atoms with van der Waals surface area (Å²) < 4.78 is 6.21. The molecule has 1 aliphatic heterocycles. The molecule has 1 heterocycles. The van der Waals surface area contributed by atoms with Gasteiger partial charge in [0.25, 0.3) is 5.91 Å². The van der Waals surface area contributed by atoms with Crippen molar-refractivity contribution in [3.05, 3.63) is 33.8 Å². The Bertz CT molecular complexity index is 453. The number of carbonyl (C=O) groups is 1. The van der Waals surface area contributed by atoms with Crippen LogP contribution in [0.1, 0.15) is 35.7 Å². The van der Waals surface area contributed by atoms with E-state index in [-0.39, 0.29) is 11.4 Å². The fraction of sp³-hybridized carbons (Fsp3) is 0.500. The Labute approximate surface area is 116 Å². The summed E-state index contributed by atoms with van der Waals surface area (Å²) in [5.74, 6) is -0.0185. The Morgan fingerprint density at radius 2 is 2.06 bits per heavy atom. The molecule has 18 heavy (non-hydrogen) atoms. The normalized spacial score (nSPS) is 18.4. The molecule has 2 rings (SSSR count). The Morgan fingerprint density at radius 1 is 1.39 bits per heavy atom. The molecule has 1 aromatic carbocycles. The first-order chi connectivity index (χ1) is 8.52. The lowest BCUT2D eigenvalue weighted by Gasteiger charge is -2.34. The highest BCUT2D eigenvalue weighted by atomic mass is 79.9. The first kappa shape index (κ1) is 13.6. The molecule has 0 radical (unpaired) electrons. The number of hydrogen-bond donors (Lipinski definition) is 1. The van der Waals surface area contributed by atoms with Crippen molar-refractivity contribution >= 4 is 21.8 Å². The summed E-state index contributed by atoms with van der Waals surface area (Å²) in [4.78, 5) is 12.3. The van der Waals surface area contributed by atoms with Gasteiger partial charge in [0, 0.05) is 23.2 Å². The summed E-state index contributed by atoms with van der Waals surface area (Å²) in [5.41, 5.74) is 1.61. The van der Waals surface area contributed by atoms with Crippen LogP contribution in [0.3, 0.4) is 0 Å². The van der Waals surface area contributed by atoms with Crippen LogP contribution in [0.5, 0.6) is 0 Å². The van der Waals surface area contributed by atoms with Gasteiger partial charge in [-0.15, -0.1) is 0 Å². The molecule has 0 saturated carbocycles. The average molecular weight is 312 g/mol. The average Bonchev–Trinajstić information content (AvgIpc) is 2.33. The summed E-state index contributed by atoms with van der Waals surface area (Å²) in [6.45, 7) is 5.49. The SMILES string of the molecule is Cc1cccc(C(=O)NC2(C)CCOCC2)c1Br. The molecule has 0 atom stereocenters. The fourth-order valence-electron chi connectivity index (χ4n) is 2.11. The van der Waals surface area contributed by atoms with Gasteiger partial charge in [0.05, 0.1) is 5.56 Å². The third kappa shape index (κ3) is 2.93. The highest BCUT2D eigenvalue weighted by Crippen LogP contribution is 2.24. The largest absolute Gasteiger partial charge is 0.381 e. The highest BCUT2D eigenvalue weighted by Gasteiger charge is 2.29. The van der Waals surface area contributed by atoms with Crippen LogP contribution < -0.4 is 5.32 Å². The Hall–Kier alpha value is -0.870. The second-order valence-corrected chi connectivity index (χ2v) is 5.86. The predicted octanol–water partition coefficient (Wildman–Crippen LogP) is 3.06. The zero-order valence-electron chi connectivity index (χ0n) is 10.8. The summed E-state index contributed by atoms with van der Waals surface area (Å²) in [6, 6.07) is 5.73. The maximum absolute atomic E-state index is 12.3. The molecule has 1 N–H and O–H groups in total. The minimum absolute atomic E-state index is 0.0185. The van der Waals surface area contributed by atoms with Crippen LogP contribution in [-0.2, 0) is 4.74 Å². The van der Waals surface area contributed by atoms with Gasteiger partial charge in [0.15, 0.2) is 0 Å². The summed E-state index contributed by atoms with van der Waals surface area (Å²) in [6.07, 6.45) is 1.73. The van der Waals surface area contributed by atoms with Crippen molar-refractivity contribution in [2.75, 3.05) is 13.2 Å². The zero-order chi connectivity index (χ0) is 13.2. The van der Waals surface area contributed by atoms with Crippen LogP contribution in [0.25, 0.3) is 0 Å². The second kappa shape index (κ2) is 5.41. The Kier molecular flexibility index (Phi) is 4.07. The van der Waals surface area contributed by atoms with Crippen molar-refractivity contribution in [1.82, 2.24) is 5.32 Å². The van der Waals surface area contributed by atoms with Crippen LogP contribution in [0.4, 0.5) is 0 Å². The molecule has 4 heteroatoms. The molecule has 3 nitrogen and oxygen atoms in total. The molecular weight excluding hydrogens is 294 g/mol. The lowest BCUT2D eigenvalue weighted by Crippen LogP contribution is -2.49. The fourth-order valence-corrected chi connectivity index (χ4v) is 2.56. The molecule has 1 fully saturated rings. The Morgan fingerprint density at radius 3 is 2.72 bits per heavy atom. The quantitative estimate of drug-likeness (QED) is 0.911. The molecular formula is C14H18BrNO2. The number of benzene rings is 1. The maximum Gasteiger partial charge on any atom is 0.252 e. The molecule has 0 aromatic heterocycles. The molecule has 0 unspecified atom stereocenters. The number of ether oxygens (including phenoxy) is 1. The third-order valence-electron chi connectivity index (χ3n) is 3.45. The van der Waals surface area contributed by atoms with Crippen LogP contribution in [-0.4, -0.2) is 24.7 Å². The van der Waals surface area contributed by atoms with Gasteiger partial charge in [-0.1, -0.05) is 12.1 Å². The van der Waals surface area contributed by atoms with Gasteiger partial charge in [-0.25, -0.2) is 0 Å². The summed E-state index contributed by atoms with van der Waals surface area (Å²) >= 11 is 3.48. The van der Waals surface area contributed by atoms with E-state index in [0.29, 0.717) is 18.8 Å². The van der Waals surface area contributed by atoms with Gasteiger partial charge in [-0.05, 0) is 54.2 Å². The van der Waals surface area contributed by atoms with E-state index in [1.807, 2.05) is 25.1 Å². The number of aryl methyl sites for hydroxylation is 1. The van der Waals surface area contributed by atoms with E-state index in [2.05, 4.69) is 28.2 Å². The molecule has 1 aromatic rings. The van der Waals surface area contributed by atoms with Crippen LogP contribution in [0.15, 0.2) is 22.7 Å². The van der Waals surface area contributed by atoms with E-state index in [4.69, 9.17) is 4.74 Å². The van der Waals surface area contributed by atoms with E-state index in [1.165, 1.54) is 0 Å². The van der Waals surface area contributed by atoms with Gasteiger partial charge in [-0.3, -0.25) is 4.79 Å². The van der Waals surface area contributed by atoms with E-state index >= 15 is 0 Å². The van der Waals surface area contributed by atoms with E-state index in [1.54, 1.807) is 0 Å².